The van der Waals surface area contributed by atoms with Crippen LogP contribution in [0.2, 0.25) is 0 Å². The molecule has 0 spiro atoms. The molecule has 1 rings (SSSR count). The SMILES string of the molecule is CCCCN(CCCC)[PH]1(N=P(N(C)C)(N(C)C)N(C)C)N(C)CCCN1C. The Labute approximate surface area is 176 Å². The number of nitrogens with zero attached hydrogens (tertiary/aromatic N) is 7. The fourth-order valence-electron chi connectivity index (χ4n) is 4.47. The molecule has 1 heterocycles. The predicted octanol–water partition coefficient (Wildman–Crippen LogP) is 4.20. The van der Waals surface area contributed by atoms with Crippen molar-refractivity contribution in [3.63, 3.8) is 0 Å². The quantitative estimate of drug-likeness (QED) is 0.451. The Hall–Kier alpha value is 0.420. The van der Waals surface area contributed by atoms with Crippen molar-refractivity contribution in [2.45, 2.75) is 46.0 Å². The van der Waals surface area contributed by atoms with Crippen LogP contribution in [-0.4, -0.2) is 111 Å². The maximum absolute atomic E-state index is 5.97. The van der Waals surface area contributed by atoms with Crippen molar-refractivity contribution in [3.05, 3.63) is 0 Å². The number of rotatable bonds is 11. The summed E-state index contributed by atoms with van der Waals surface area (Å²) in [5.41, 5.74) is 0. The van der Waals surface area contributed by atoms with Gasteiger partial charge in [-0.25, -0.2) is 0 Å². The van der Waals surface area contributed by atoms with E-state index in [4.69, 9.17) is 4.52 Å². The second kappa shape index (κ2) is 11.7. The molecule has 7 nitrogen and oxygen atoms in total. The summed E-state index contributed by atoms with van der Waals surface area (Å²) in [6.45, 7) is 9.18. The van der Waals surface area contributed by atoms with Crippen molar-refractivity contribution in [2.75, 3.05) is 82.6 Å². The molecule has 0 amide bonds. The summed E-state index contributed by atoms with van der Waals surface area (Å²) < 4.78 is 21.1. The zero-order valence-electron chi connectivity index (χ0n) is 20.4. The van der Waals surface area contributed by atoms with Gasteiger partial charge >= 0.3 is 176 Å². The van der Waals surface area contributed by atoms with Gasteiger partial charge in [0.2, 0.25) is 0 Å². The Morgan fingerprint density at radius 1 is 0.786 bits per heavy atom. The van der Waals surface area contributed by atoms with E-state index in [0.717, 1.165) is 26.2 Å². The summed E-state index contributed by atoms with van der Waals surface area (Å²) in [7, 11) is 13.5. The zero-order chi connectivity index (χ0) is 21.5. The Bertz CT molecular complexity index is 464. The fourth-order valence-corrected chi connectivity index (χ4v) is 15.3. The minimum atomic E-state index is -2.37. The van der Waals surface area contributed by atoms with Gasteiger partial charge in [0.05, 0.1) is 0 Å². The first-order valence-corrected chi connectivity index (χ1v) is 14.3. The number of unbranched alkanes of at least 4 members (excludes halogenated alkanes) is 2. The molecule has 0 aliphatic carbocycles. The molecule has 0 unspecified atom stereocenters. The molecule has 1 saturated heterocycles. The maximum atomic E-state index is 5.97. The minimum absolute atomic E-state index is 1.14. The van der Waals surface area contributed by atoms with Gasteiger partial charge in [-0.15, -0.1) is 0 Å². The molecule has 0 atom stereocenters. The average molecular weight is 438 g/mol. The van der Waals surface area contributed by atoms with Gasteiger partial charge in [0.15, 0.2) is 0 Å². The molecule has 0 saturated carbocycles. The third kappa shape index (κ3) is 5.36. The summed E-state index contributed by atoms with van der Waals surface area (Å²) in [5.74, 6) is 0. The second-order valence-electron chi connectivity index (χ2n) is 8.67. The van der Waals surface area contributed by atoms with Crippen LogP contribution in [0.4, 0.5) is 0 Å². The van der Waals surface area contributed by atoms with E-state index in [1.54, 1.807) is 0 Å². The van der Waals surface area contributed by atoms with Crippen LogP contribution in [0, 0.1) is 0 Å². The Kier molecular flexibility index (Phi) is 11.1. The van der Waals surface area contributed by atoms with Crippen LogP contribution in [-0.2, 0) is 0 Å². The van der Waals surface area contributed by atoms with E-state index in [9.17, 15) is 0 Å². The van der Waals surface area contributed by atoms with Crippen LogP contribution in [0.3, 0.4) is 0 Å². The third-order valence-corrected chi connectivity index (χ3v) is 15.0. The molecule has 0 bridgehead atoms. The number of hydrogen-bond donors (Lipinski definition) is 0. The normalized spacial score (nSPS) is 20.5. The first-order valence-electron chi connectivity index (χ1n) is 11.0. The average Bonchev–Trinajstić information content (AvgIpc) is 2.61. The van der Waals surface area contributed by atoms with Gasteiger partial charge in [-0.05, 0) is 0 Å². The van der Waals surface area contributed by atoms with Crippen LogP contribution in [0.1, 0.15) is 46.0 Å². The van der Waals surface area contributed by atoms with Gasteiger partial charge in [-0.3, -0.25) is 0 Å². The molecular weight excluding hydrogens is 388 g/mol. The van der Waals surface area contributed by atoms with Crippen molar-refractivity contribution in [1.82, 2.24) is 28.0 Å². The van der Waals surface area contributed by atoms with Crippen molar-refractivity contribution in [3.8, 4) is 0 Å². The molecule has 0 radical (unpaired) electrons. The van der Waals surface area contributed by atoms with Gasteiger partial charge in [0.25, 0.3) is 0 Å². The molecule has 28 heavy (non-hydrogen) atoms. The summed E-state index contributed by atoms with van der Waals surface area (Å²) >= 11 is 0. The molecule has 0 N–H and O–H groups in total. The third-order valence-electron chi connectivity index (χ3n) is 5.88. The summed E-state index contributed by atoms with van der Waals surface area (Å²) in [6.07, 6.45) is 6.18. The molecule has 1 aliphatic heterocycles. The standard InChI is InChI=1S/C19H49N7P2/c1-11-13-18-26(19-14-12-2)28(24(9)16-15-17-25(28)10)20-27(21(3)4,22(5)6)23(7)8/h28H,11-19H2,1-10H3. The van der Waals surface area contributed by atoms with E-state index in [-0.39, 0.29) is 0 Å². The zero-order valence-corrected chi connectivity index (χ0v) is 22.3. The summed E-state index contributed by atoms with van der Waals surface area (Å²) in [4.78, 5) is 0. The van der Waals surface area contributed by atoms with E-state index in [2.05, 4.69) is 98.3 Å². The summed E-state index contributed by atoms with van der Waals surface area (Å²) in [5, 5.41) is 0. The predicted molar refractivity (Wildman–Crippen MR) is 130 cm³/mol. The number of hydrogen-bond acceptors (Lipinski definition) is 4. The van der Waals surface area contributed by atoms with Gasteiger partial charge in [0.1, 0.15) is 0 Å². The Balaban J connectivity index is 3.73. The Morgan fingerprint density at radius 3 is 1.50 bits per heavy atom. The fraction of sp³-hybridized carbons (Fsp3) is 1.00. The molecule has 0 aromatic rings. The Morgan fingerprint density at radius 2 is 1.18 bits per heavy atom. The van der Waals surface area contributed by atoms with Gasteiger partial charge < -0.3 is 0 Å². The van der Waals surface area contributed by atoms with Crippen molar-refractivity contribution >= 4 is 15.4 Å². The molecule has 0 aromatic heterocycles. The van der Waals surface area contributed by atoms with Crippen LogP contribution in [0.15, 0.2) is 4.52 Å². The van der Waals surface area contributed by atoms with E-state index < -0.39 is 15.4 Å². The molecule has 0 aromatic carbocycles. The topological polar surface area (TPSA) is 31.8 Å². The summed E-state index contributed by atoms with van der Waals surface area (Å²) in [6, 6.07) is 0. The molecular formula is C19H49N7P2. The van der Waals surface area contributed by atoms with Gasteiger partial charge in [0, 0.05) is 0 Å². The van der Waals surface area contributed by atoms with Crippen molar-refractivity contribution in [1.29, 1.82) is 0 Å². The van der Waals surface area contributed by atoms with Crippen LogP contribution in [0.5, 0.6) is 0 Å². The van der Waals surface area contributed by atoms with Crippen molar-refractivity contribution < 1.29 is 0 Å². The van der Waals surface area contributed by atoms with Crippen LogP contribution >= 0.6 is 15.4 Å². The van der Waals surface area contributed by atoms with Gasteiger partial charge in [-0.2, -0.15) is 0 Å². The van der Waals surface area contributed by atoms with Crippen LogP contribution in [0.25, 0.3) is 0 Å². The van der Waals surface area contributed by atoms with E-state index >= 15 is 0 Å². The first kappa shape index (κ1) is 26.5. The van der Waals surface area contributed by atoms with Crippen LogP contribution < -0.4 is 0 Å². The molecule has 9 heteroatoms. The van der Waals surface area contributed by atoms with E-state index in [1.807, 2.05) is 0 Å². The monoisotopic (exact) mass is 437 g/mol. The van der Waals surface area contributed by atoms with E-state index in [0.29, 0.717) is 0 Å². The van der Waals surface area contributed by atoms with Gasteiger partial charge in [-0.1, -0.05) is 0 Å². The second-order valence-corrected chi connectivity index (χ2v) is 16.3. The van der Waals surface area contributed by atoms with Crippen molar-refractivity contribution in [2.24, 2.45) is 4.52 Å². The molecule has 1 aliphatic rings. The first-order chi connectivity index (χ1) is 13.1. The molecule has 1 fully saturated rings. The van der Waals surface area contributed by atoms with E-state index in [1.165, 1.54) is 32.1 Å². The molecule has 170 valence electrons.